The molecule has 0 aromatic rings. The van der Waals surface area contributed by atoms with Crippen LogP contribution in [0.3, 0.4) is 0 Å². The van der Waals surface area contributed by atoms with E-state index in [-0.39, 0.29) is 0 Å². The number of hydrogen-bond donors (Lipinski definition) is 3. The summed E-state index contributed by atoms with van der Waals surface area (Å²) in [5.74, 6) is -2.12. The number of carboxylic acids is 1. The van der Waals surface area contributed by atoms with Crippen molar-refractivity contribution < 1.29 is 19.8 Å². The van der Waals surface area contributed by atoms with E-state index < -0.39 is 18.1 Å². The lowest BCUT2D eigenvalue weighted by atomic mass is 10.4. The van der Waals surface area contributed by atoms with Gasteiger partial charge < -0.3 is 15.5 Å². The maximum absolute atomic E-state index is 10.5. The summed E-state index contributed by atoms with van der Waals surface area (Å²) in [5, 5.41) is 18.5. The summed E-state index contributed by atoms with van der Waals surface area (Å²) in [6.45, 7) is 1.60. The minimum atomic E-state index is -1.83. The van der Waals surface area contributed by atoms with E-state index >= 15 is 0 Å². The molecule has 0 aromatic heterocycles. The van der Waals surface area contributed by atoms with Crippen molar-refractivity contribution in [1.82, 2.24) is 5.32 Å². The van der Waals surface area contributed by atoms with Crippen molar-refractivity contribution in [3.8, 4) is 0 Å². The Labute approximate surface area is 63.3 Å². The Bertz CT molecular complexity index is 187. The van der Waals surface area contributed by atoms with Gasteiger partial charge in [-0.15, -0.1) is 0 Å². The highest BCUT2D eigenvalue weighted by atomic mass is 16.4. The van der Waals surface area contributed by atoms with Gasteiger partial charge in [-0.25, -0.2) is 4.79 Å². The Hall–Kier alpha value is -1.36. The molecule has 0 saturated heterocycles. The number of aliphatic hydroxyl groups is 1. The van der Waals surface area contributed by atoms with Crippen LogP contribution in [0.5, 0.6) is 0 Å². The number of amides is 1. The fraction of sp³-hybridized carbons (Fsp3) is 0.333. The minimum absolute atomic E-state index is 0.637. The summed E-state index contributed by atoms with van der Waals surface area (Å²) in [6.07, 6.45) is 0.717. The van der Waals surface area contributed by atoms with Crippen LogP contribution in [-0.2, 0) is 9.59 Å². The van der Waals surface area contributed by atoms with Crippen molar-refractivity contribution >= 4 is 11.9 Å². The Balaban J connectivity index is 3.85. The predicted molar refractivity (Wildman–Crippen MR) is 36.6 cm³/mol. The lowest BCUT2D eigenvalue weighted by Crippen LogP contribution is -2.39. The Morgan fingerprint density at radius 2 is 2.09 bits per heavy atom. The molecule has 0 bridgehead atoms. The fourth-order valence-electron chi connectivity index (χ4n) is 0.396. The number of carbonyl (C=O) groups is 2. The molecule has 0 aliphatic carbocycles. The zero-order valence-corrected chi connectivity index (χ0v) is 5.94. The van der Waals surface area contributed by atoms with Gasteiger partial charge in [0.05, 0.1) is 0 Å². The summed E-state index contributed by atoms with van der Waals surface area (Å²) in [6, 6.07) is 0. The molecule has 0 aromatic carbocycles. The second-order valence-electron chi connectivity index (χ2n) is 1.75. The van der Waals surface area contributed by atoms with E-state index in [2.05, 4.69) is 0 Å². The normalized spacial score (nSPS) is 12.9. The van der Waals surface area contributed by atoms with Gasteiger partial charge in [-0.05, 0) is 13.0 Å². The Morgan fingerprint density at radius 1 is 1.55 bits per heavy atom. The van der Waals surface area contributed by atoms with Crippen LogP contribution in [0.15, 0.2) is 12.2 Å². The first kappa shape index (κ1) is 9.64. The van der Waals surface area contributed by atoms with Gasteiger partial charge in [0.2, 0.25) is 12.1 Å². The molecule has 0 saturated carbocycles. The molecule has 62 valence electrons. The molecule has 0 radical (unpaired) electrons. The zero-order valence-electron chi connectivity index (χ0n) is 5.94. The first-order valence-electron chi connectivity index (χ1n) is 2.92. The van der Waals surface area contributed by atoms with Crippen molar-refractivity contribution in [3.63, 3.8) is 0 Å². The van der Waals surface area contributed by atoms with Gasteiger partial charge in [0.15, 0.2) is 0 Å². The molecule has 0 fully saturated rings. The average molecular weight is 159 g/mol. The number of rotatable bonds is 3. The fourth-order valence-corrected chi connectivity index (χ4v) is 0.396. The van der Waals surface area contributed by atoms with Crippen LogP contribution in [-0.4, -0.2) is 28.3 Å². The van der Waals surface area contributed by atoms with Crippen molar-refractivity contribution in [3.05, 3.63) is 12.2 Å². The lowest BCUT2D eigenvalue weighted by molar-refractivity contribution is -0.150. The van der Waals surface area contributed by atoms with Gasteiger partial charge in [-0.2, -0.15) is 0 Å². The van der Waals surface area contributed by atoms with Crippen LogP contribution in [0.1, 0.15) is 6.92 Å². The predicted octanol–water partition coefficient (Wildman–Crippen LogP) is -0.918. The third-order valence-electron chi connectivity index (χ3n) is 0.831. The monoisotopic (exact) mass is 159 g/mol. The van der Waals surface area contributed by atoms with E-state index in [4.69, 9.17) is 10.2 Å². The minimum Gasteiger partial charge on any atom is -0.478 e. The maximum atomic E-state index is 10.5. The molecule has 0 aliphatic heterocycles. The molecule has 1 atom stereocenters. The lowest BCUT2D eigenvalue weighted by Gasteiger charge is -2.04. The quantitative estimate of drug-likeness (QED) is 0.367. The van der Waals surface area contributed by atoms with Crippen LogP contribution in [0.2, 0.25) is 0 Å². The van der Waals surface area contributed by atoms with Crippen LogP contribution in [0.4, 0.5) is 0 Å². The standard InChI is InChI=1S/C6H9NO4/c1-2-3-4(8)7-5(9)6(10)11/h2-3,5,9H,1H3,(H,7,8)(H,10,11)/b3-2+. The summed E-state index contributed by atoms with van der Waals surface area (Å²) < 4.78 is 0. The molecule has 0 rings (SSSR count). The van der Waals surface area contributed by atoms with E-state index in [0.29, 0.717) is 0 Å². The number of hydrogen-bond acceptors (Lipinski definition) is 3. The topological polar surface area (TPSA) is 86.6 Å². The molecule has 3 N–H and O–H groups in total. The highest BCUT2D eigenvalue weighted by Crippen LogP contribution is 1.78. The number of aliphatic hydroxyl groups excluding tert-OH is 1. The number of carboxylic acid groups (broad SMARTS) is 1. The van der Waals surface area contributed by atoms with E-state index in [1.54, 1.807) is 6.92 Å². The van der Waals surface area contributed by atoms with Crippen molar-refractivity contribution in [2.75, 3.05) is 0 Å². The summed E-state index contributed by atoms with van der Waals surface area (Å²) in [4.78, 5) is 20.5. The molecule has 0 aliphatic rings. The van der Waals surface area contributed by atoms with Gasteiger partial charge in [0.25, 0.3) is 0 Å². The average Bonchev–Trinajstić information content (AvgIpc) is 1.87. The van der Waals surface area contributed by atoms with Gasteiger partial charge in [0.1, 0.15) is 0 Å². The van der Waals surface area contributed by atoms with Gasteiger partial charge in [0, 0.05) is 0 Å². The molecular formula is C6H9NO4. The summed E-state index contributed by atoms with van der Waals surface area (Å²) in [5.41, 5.74) is 0. The Morgan fingerprint density at radius 3 is 2.45 bits per heavy atom. The van der Waals surface area contributed by atoms with Crippen LogP contribution < -0.4 is 5.32 Å². The molecule has 5 heteroatoms. The SMILES string of the molecule is C/C=C/C(=O)NC(O)C(=O)O. The van der Waals surface area contributed by atoms with Crippen molar-refractivity contribution in [1.29, 1.82) is 0 Å². The first-order chi connectivity index (χ1) is 5.07. The smallest absolute Gasteiger partial charge is 0.353 e. The molecule has 0 spiro atoms. The number of aliphatic carboxylic acids is 1. The largest absolute Gasteiger partial charge is 0.478 e. The van der Waals surface area contributed by atoms with Crippen molar-refractivity contribution in [2.24, 2.45) is 0 Å². The molecular weight excluding hydrogens is 150 g/mol. The van der Waals surface area contributed by atoms with Gasteiger partial charge in [-0.1, -0.05) is 6.08 Å². The van der Waals surface area contributed by atoms with Crippen LogP contribution >= 0.6 is 0 Å². The second kappa shape index (κ2) is 4.45. The zero-order chi connectivity index (χ0) is 8.85. The Kier molecular flexibility index (Phi) is 3.90. The third-order valence-corrected chi connectivity index (χ3v) is 0.831. The molecule has 5 nitrogen and oxygen atoms in total. The molecule has 0 heterocycles. The maximum Gasteiger partial charge on any atom is 0.353 e. The summed E-state index contributed by atoms with van der Waals surface area (Å²) in [7, 11) is 0. The van der Waals surface area contributed by atoms with Gasteiger partial charge in [-0.3, -0.25) is 4.79 Å². The number of nitrogens with one attached hydrogen (secondary N) is 1. The van der Waals surface area contributed by atoms with Gasteiger partial charge >= 0.3 is 5.97 Å². The molecule has 1 amide bonds. The highest BCUT2D eigenvalue weighted by molar-refractivity contribution is 5.90. The van der Waals surface area contributed by atoms with E-state index in [0.717, 1.165) is 6.08 Å². The van der Waals surface area contributed by atoms with Crippen LogP contribution in [0, 0.1) is 0 Å². The van der Waals surface area contributed by atoms with E-state index in [9.17, 15) is 9.59 Å². The number of allylic oxidation sites excluding steroid dienone is 1. The highest BCUT2D eigenvalue weighted by Gasteiger charge is 2.13. The first-order valence-corrected chi connectivity index (χ1v) is 2.92. The number of carbonyl (C=O) groups excluding carboxylic acids is 1. The van der Waals surface area contributed by atoms with Crippen LogP contribution in [0.25, 0.3) is 0 Å². The molecule has 1 unspecified atom stereocenters. The third kappa shape index (κ3) is 4.10. The van der Waals surface area contributed by atoms with Crippen molar-refractivity contribution in [2.45, 2.75) is 13.2 Å². The second-order valence-corrected chi connectivity index (χ2v) is 1.75. The van der Waals surface area contributed by atoms with E-state index in [1.165, 1.54) is 6.08 Å². The molecule has 11 heavy (non-hydrogen) atoms. The summed E-state index contributed by atoms with van der Waals surface area (Å²) >= 11 is 0. The van der Waals surface area contributed by atoms with E-state index in [1.807, 2.05) is 5.32 Å².